The molecule has 20 heavy (non-hydrogen) atoms. The van der Waals surface area contributed by atoms with Crippen molar-refractivity contribution in [3.63, 3.8) is 0 Å². The van der Waals surface area contributed by atoms with Gasteiger partial charge in [0.1, 0.15) is 15.9 Å². The highest BCUT2D eigenvalue weighted by molar-refractivity contribution is 7.89. The van der Waals surface area contributed by atoms with Gasteiger partial charge in [-0.3, -0.25) is 0 Å². The lowest BCUT2D eigenvalue weighted by atomic mass is 10.2. The van der Waals surface area contributed by atoms with Crippen LogP contribution in [0.5, 0.6) is 0 Å². The highest BCUT2D eigenvalue weighted by atomic mass is 32.2. The van der Waals surface area contributed by atoms with Crippen LogP contribution in [0.4, 0.5) is 0 Å². The largest absolute Gasteiger partial charge is 0.393 e. The maximum atomic E-state index is 12.6. The Kier molecular flexibility index (Phi) is 4.33. The molecule has 0 amide bonds. The average molecular weight is 330 g/mol. The molecule has 9 heteroatoms. The first kappa shape index (κ1) is 15.2. The number of nitrogens with zero attached hydrogens (tertiary/aromatic N) is 3. The van der Waals surface area contributed by atoms with Crippen LogP contribution in [0.3, 0.4) is 0 Å². The minimum Gasteiger partial charge on any atom is -0.393 e. The average Bonchev–Trinajstić information content (AvgIpc) is 2.84. The SMILES string of the molecule is CC(CC(N)=S)N(C)S(=O)(=O)c1cccc2nsnc12. The van der Waals surface area contributed by atoms with Crippen molar-refractivity contribution in [2.45, 2.75) is 24.3 Å². The molecule has 0 aliphatic heterocycles. The van der Waals surface area contributed by atoms with Crippen LogP contribution in [-0.2, 0) is 10.0 Å². The van der Waals surface area contributed by atoms with Crippen molar-refractivity contribution < 1.29 is 8.42 Å². The van der Waals surface area contributed by atoms with E-state index in [-0.39, 0.29) is 15.9 Å². The van der Waals surface area contributed by atoms with Gasteiger partial charge in [-0.05, 0) is 19.1 Å². The molecule has 0 bridgehead atoms. The van der Waals surface area contributed by atoms with Gasteiger partial charge in [0.25, 0.3) is 0 Å². The monoisotopic (exact) mass is 330 g/mol. The van der Waals surface area contributed by atoms with Crippen molar-refractivity contribution in [3.05, 3.63) is 18.2 Å². The molecule has 2 rings (SSSR count). The van der Waals surface area contributed by atoms with Gasteiger partial charge in [-0.15, -0.1) is 0 Å². The highest BCUT2D eigenvalue weighted by Crippen LogP contribution is 2.25. The third-order valence-electron chi connectivity index (χ3n) is 3.02. The molecule has 0 fully saturated rings. The van der Waals surface area contributed by atoms with E-state index in [1.807, 2.05) is 0 Å². The van der Waals surface area contributed by atoms with Crippen LogP contribution < -0.4 is 5.73 Å². The summed E-state index contributed by atoms with van der Waals surface area (Å²) in [5, 5.41) is 0. The maximum Gasteiger partial charge on any atom is 0.245 e. The Hall–Kier alpha value is -1.16. The molecule has 0 saturated carbocycles. The van der Waals surface area contributed by atoms with E-state index < -0.39 is 10.0 Å². The van der Waals surface area contributed by atoms with E-state index in [0.29, 0.717) is 17.5 Å². The molecule has 0 saturated heterocycles. The summed E-state index contributed by atoms with van der Waals surface area (Å²) in [5.74, 6) is 0. The van der Waals surface area contributed by atoms with Crippen molar-refractivity contribution in [3.8, 4) is 0 Å². The Morgan fingerprint density at radius 2 is 2.20 bits per heavy atom. The third-order valence-corrected chi connectivity index (χ3v) is 5.74. The lowest BCUT2D eigenvalue weighted by Crippen LogP contribution is -2.37. The molecule has 1 unspecified atom stereocenters. The Morgan fingerprint density at radius 3 is 2.85 bits per heavy atom. The number of thiocarbonyl (C=S) groups is 1. The Morgan fingerprint density at radius 1 is 1.50 bits per heavy atom. The minimum absolute atomic E-state index is 0.154. The molecule has 6 nitrogen and oxygen atoms in total. The molecule has 1 aromatic carbocycles. The Labute approximate surface area is 127 Å². The summed E-state index contributed by atoms with van der Waals surface area (Å²) in [6, 6.07) is 4.60. The van der Waals surface area contributed by atoms with Crippen LogP contribution in [0.1, 0.15) is 13.3 Å². The second-order valence-electron chi connectivity index (χ2n) is 4.43. The first-order chi connectivity index (χ1) is 9.34. The maximum absolute atomic E-state index is 12.6. The van der Waals surface area contributed by atoms with E-state index in [1.165, 1.54) is 17.4 Å². The van der Waals surface area contributed by atoms with E-state index in [1.54, 1.807) is 19.1 Å². The van der Waals surface area contributed by atoms with E-state index in [4.69, 9.17) is 18.0 Å². The van der Waals surface area contributed by atoms with Crippen molar-refractivity contribution in [2.75, 3.05) is 7.05 Å². The number of fused-ring (bicyclic) bond motifs is 1. The van der Waals surface area contributed by atoms with Crippen LogP contribution in [0.15, 0.2) is 23.1 Å². The molecule has 108 valence electrons. The van der Waals surface area contributed by atoms with Crippen molar-refractivity contribution in [1.82, 2.24) is 13.1 Å². The molecule has 0 spiro atoms. The van der Waals surface area contributed by atoms with Crippen LogP contribution in [0.25, 0.3) is 11.0 Å². The first-order valence-corrected chi connectivity index (χ1v) is 8.39. The summed E-state index contributed by atoms with van der Waals surface area (Å²) >= 11 is 5.82. The molecule has 0 aliphatic carbocycles. The molecular weight excluding hydrogens is 316 g/mol. The summed E-state index contributed by atoms with van der Waals surface area (Å²) in [4.78, 5) is 0.439. The van der Waals surface area contributed by atoms with Gasteiger partial charge in [0.05, 0.1) is 16.7 Å². The van der Waals surface area contributed by atoms with E-state index in [9.17, 15) is 8.42 Å². The van der Waals surface area contributed by atoms with Gasteiger partial charge in [0.15, 0.2) is 0 Å². The lowest BCUT2D eigenvalue weighted by molar-refractivity contribution is 0.397. The highest BCUT2D eigenvalue weighted by Gasteiger charge is 2.28. The van der Waals surface area contributed by atoms with Crippen molar-refractivity contribution >= 4 is 50.0 Å². The number of hydrogen-bond acceptors (Lipinski definition) is 6. The molecule has 2 aromatic rings. The van der Waals surface area contributed by atoms with E-state index in [2.05, 4.69) is 8.75 Å². The predicted molar refractivity (Wildman–Crippen MR) is 83.2 cm³/mol. The van der Waals surface area contributed by atoms with Gasteiger partial charge in [-0.25, -0.2) is 8.42 Å². The van der Waals surface area contributed by atoms with Crippen LogP contribution in [-0.4, -0.2) is 39.5 Å². The number of rotatable bonds is 5. The van der Waals surface area contributed by atoms with E-state index in [0.717, 1.165) is 11.7 Å². The molecule has 1 atom stereocenters. The molecule has 1 heterocycles. The van der Waals surface area contributed by atoms with Gasteiger partial charge >= 0.3 is 0 Å². The lowest BCUT2D eigenvalue weighted by Gasteiger charge is -2.23. The van der Waals surface area contributed by atoms with Gasteiger partial charge in [-0.2, -0.15) is 13.1 Å². The van der Waals surface area contributed by atoms with Crippen molar-refractivity contribution in [2.24, 2.45) is 5.73 Å². The number of nitrogens with two attached hydrogens (primary N) is 1. The van der Waals surface area contributed by atoms with Gasteiger partial charge < -0.3 is 5.73 Å². The topological polar surface area (TPSA) is 89.2 Å². The zero-order valence-electron chi connectivity index (χ0n) is 11.0. The summed E-state index contributed by atoms with van der Waals surface area (Å²) < 4.78 is 34.7. The van der Waals surface area contributed by atoms with Crippen molar-refractivity contribution in [1.29, 1.82) is 0 Å². The second kappa shape index (κ2) is 5.68. The quantitative estimate of drug-likeness (QED) is 0.833. The van der Waals surface area contributed by atoms with Gasteiger partial charge in [-0.1, -0.05) is 18.3 Å². The second-order valence-corrected chi connectivity index (χ2v) is 7.45. The van der Waals surface area contributed by atoms with E-state index >= 15 is 0 Å². The number of benzene rings is 1. The normalized spacial score (nSPS) is 13.8. The van der Waals surface area contributed by atoms with Crippen LogP contribution in [0.2, 0.25) is 0 Å². The van der Waals surface area contributed by atoms with Crippen LogP contribution >= 0.6 is 23.9 Å². The first-order valence-electron chi connectivity index (χ1n) is 5.81. The van der Waals surface area contributed by atoms with Gasteiger partial charge in [0.2, 0.25) is 10.0 Å². The standard InChI is InChI=1S/C11H14N4O2S3/c1-7(6-10(12)18)15(2)20(16,17)9-5-3-4-8-11(9)14-19-13-8/h3-5,7H,6H2,1-2H3,(H2,12,18). The molecule has 0 aliphatic rings. The summed E-state index contributed by atoms with van der Waals surface area (Å²) in [7, 11) is -2.15. The number of sulfonamides is 1. The molecule has 1 aromatic heterocycles. The smallest absolute Gasteiger partial charge is 0.245 e. The fourth-order valence-corrected chi connectivity index (χ4v) is 4.15. The van der Waals surface area contributed by atoms with Crippen LogP contribution in [0, 0.1) is 0 Å². The molecule has 2 N–H and O–H groups in total. The zero-order valence-corrected chi connectivity index (χ0v) is 13.4. The number of hydrogen-bond donors (Lipinski definition) is 1. The number of aromatic nitrogens is 2. The predicted octanol–water partition coefficient (Wildman–Crippen LogP) is 1.38. The summed E-state index contributed by atoms with van der Waals surface area (Å²) in [6.45, 7) is 1.76. The summed E-state index contributed by atoms with van der Waals surface area (Å²) in [6.07, 6.45) is 0.330. The Bertz CT molecular complexity index is 741. The molecule has 0 radical (unpaired) electrons. The Balaban J connectivity index is 2.44. The summed E-state index contributed by atoms with van der Waals surface area (Å²) in [5.41, 5.74) is 6.45. The molecular formula is C11H14N4O2S3. The zero-order chi connectivity index (χ0) is 14.9. The fraction of sp³-hybridized carbons (Fsp3) is 0.364. The third kappa shape index (κ3) is 2.80. The fourth-order valence-electron chi connectivity index (χ4n) is 1.80. The van der Waals surface area contributed by atoms with Gasteiger partial charge in [0, 0.05) is 19.5 Å². The minimum atomic E-state index is -3.66.